The van der Waals surface area contributed by atoms with E-state index < -0.39 is 11.5 Å². The number of rotatable bonds is 2. The minimum Gasteiger partial charge on any atom is -0.383 e. The van der Waals surface area contributed by atoms with Crippen LogP contribution in [0.4, 0.5) is 0 Å². The van der Waals surface area contributed by atoms with Crippen molar-refractivity contribution >= 4 is 11.8 Å². The van der Waals surface area contributed by atoms with E-state index in [1.807, 2.05) is 0 Å². The van der Waals surface area contributed by atoms with Crippen LogP contribution in [0.2, 0.25) is 0 Å². The van der Waals surface area contributed by atoms with Crippen molar-refractivity contribution in [1.29, 1.82) is 0 Å². The molecule has 3 aliphatic rings. The second kappa shape index (κ2) is 7.62. The monoisotopic (exact) mass is 374 g/mol. The van der Waals surface area contributed by atoms with Gasteiger partial charge in [-0.1, -0.05) is 19.3 Å². The van der Waals surface area contributed by atoms with Gasteiger partial charge in [0.15, 0.2) is 0 Å². The summed E-state index contributed by atoms with van der Waals surface area (Å²) in [5.41, 5.74) is -0.315. The third-order valence-electron chi connectivity index (χ3n) is 6.94. The summed E-state index contributed by atoms with van der Waals surface area (Å²) in [7, 11) is 0. The number of carbonyl (C=O) groups is 2. The van der Waals surface area contributed by atoms with E-state index in [0.717, 1.165) is 24.7 Å². The number of H-pyrrole nitrogens is 1. The zero-order valence-corrected chi connectivity index (χ0v) is 15.9. The predicted octanol–water partition coefficient (Wildman–Crippen LogP) is 1.65. The number of nitrogens with one attached hydrogen (secondary N) is 1. The highest BCUT2D eigenvalue weighted by atomic mass is 16.3. The second-order valence-corrected chi connectivity index (χ2v) is 8.47. The minimum atomic E-state index is -0.991. The molecule has 3 fully saturated rings. The van der Waals surface area contributed by atoms with E-state index in [9.17, 15) is 14.7 Å². The summed E-state index contributed by atoms with van der Waals surface area (Å²) in [6, 6.07) is 1.76. The fourth-order valence-electron chi connectivity index (χ4n) is 4.84. The Morgan fingerprint density at radius 2 is 1.59 bits per heavy atom. The van der Waals surface area contributed by atoms with Gasteiger partial charge in [0.1, 0.15) is 5.60 Å². The zero-order chi connectivity index (χ0) is 18.9. The van der Waals surface area contributed by atoms with Crippen LogP contribution in [0.1, 0.15) is 57.1 Å². The lowest BCUT2D eigenvalue weighted by Gasteiger charge is -2.37. The molecule has 1 saturated carbocycles. The minimum absolute atomic E-state index is 0.365. The van der Waals surface area contributed by atoms with Crippen LogP contribution in [0.5, 0.6) is 0 Å². The molecule has 2 N–H and O–H groups in total. The van der Waals surface area contributed by atoms with Gasteiger partial charge in [0.25, 0.3) is 0 Å². The third kappa shape index (κ3) is 3.74. The van der Waals surface area contributed by atoms with Crippen molar-refractivity contribution < 1.29 is 14.7 Å². The Morgan fingerprint density at radius 1 is 0.963 bits per heavy atom. The number of piperidine rings is 1. The van der Waals surface area contributed by atoms with Gasteiger partial charge >= 0.3 is 11.8 Å². The normalized spacial score (nSPS) is 26.3. The lowest BCUT2D eigenvalue weighted by atomic mass is 9.73. The summed E-state index contributed by atoms with van der Waals surface area (Å²) in [4.78, 5) is 28.8. The summed E-state index contributed by atoms with van der Waals surface area (Å²) in [6.45, 7) is 2.18. The van der Waals surface area contributed by atoms with Crippen molar-refractivity contribution in [2.24, 2.45) is 11.8 Å². The Balaban J connectivity index is 1.31. The molecule has 0 bridgehead atoms. The summed E-state index contributed by atoms with van der Waals surface area (Å²) < 4.78 is 0. The fourth-order valence-corrected chi connectivity index (χ4v) is 4.84. The molecule has 1 aromatic heterocycles. The van der Waals surface area contributed by atoms with Gasteiger partial charge in [0.2, 0.25) is 0 Å². The average Bonchev–Trinajstić information content (AvgIpc) is 3.08. The molecule has 7 heteroatoms. The number of hydrogen-bond donors (Lipinski definition) is 2. The molecular weight excluding hydrogens is 344 g/mol. The van der Waals surface area contributed by atoms with Gasteiger partial charge in [0, 0.05) is 32.4 Å². The van der Waals surface area contributed by atoms with Crippen LogP contribution in [0.3, 0.4) is 0 Å². The van der Waals surface area contributed by atoms with Crippen LogP contribution in [0.15, 0.2) is 12.3 Å². The third-order valence-corrected chi connectivity index (χ3v) is 6.94. The number of hydrogen-bond acceptors (Lipinski definition) is 4. The number of aromatic nitrogens is 2. The molecule has 7 nitrogen and oxygen atoms in total. The van der Waals surface area contributed by atoms with Crippen molar-refractivity contribution in [2.75, 3.05) is 26.2 Å². The molecule has 4 rings (SSSR count). The first-order valence-electron chi connectivity index (χ1n) is 10.4. The number of carbonyl (C=O) groups excluding carboxylic acids is 2. The quantitative estimate of drug-likeness (QED) is 0.770. The van der Waals surface area contributed by atoms with E-state index in [0.29, 0.717) is 44.7 Å². The average molecular weight is 374 g/mol. The number of likely N-dealkylation sites (tertiary alicyclic amines) is 2. The fraction of sp³-hybridized carbons (Fsp3) is 0.750. The van der Waals surface area contributed by atoms with Gasteiger partial charge in [-0.3, -0.25) is 14.7 Å². The molecular formula is C20H30N4O3. The van der Waals surface area contributed by atoms with Gasteiger partial charge in [0.05, 0.1) is 5.69 Å². The van der Waals surface area contributed by atoms with E-state index >= 15 is 0 Å². The van der Waals surface area contributed by atoms with Gasteiger partial charge in [-0.2, -0.15) is 5.10 Å². The smallest absolute Gasteiger partial charge is 0.312 e. The number of aliphatic hydroxyl groups is 1. The van der Waals surface area contributed by atoms with Crippen LogP contribution in [-0.2, 0) is 15.2 Å². The van der Waals surface area contributed by atoms with Gasteiger partial charge in [-0.15, -0.1) is 0 Å². The first-order valence-corrected chi connectivity index (χ1v) is 10.4. The highest BCUT2D eigenvalue weighted by Gasteiger charge is 2.39. The van der Waals surface area contributed by atoms with Crippen molar-refractivity contribution in [3.05, 3.63) is 18.0 Å². The van der Waals surface area contributed by atoms with Crippen molar-refractivity contribution in [2.45, 2.75) is 57.0 Å². The molecule has 1 unspecified atom stereocenters. The summed E-state index contributed by atoms with van der Waals surface area (Å²) >= 11 is 0. The molecule has 27 heavy (non-hydrogen) atoms. The van der Waals surface area contributed by atoms with E-state index in [1.165, 1.54) is 25.7 Å². The Labute approximate surface area is 160 Å². The van der Waals surface area contributed by atoms with Crippen LogP contribution in [0.25, 0.3) is 0 Å². The molecule has 0 spiro atoms. The maximum atomic E-state index is 12.8. The Hall–Kier alpha value is -1.89. The highest BCUT2D eigenvalue weighted by Crippen LogP contribution is 2.38. The predicted molar refractivity (Wildman–Crippen MR) is 99.6 cm³/mol. The standard InChI is InChI=1S/C20H30N4O3/c25-18(23-11-2-5-16(7-12-23)15-3-1-4-15)19(26)24-13-8-20(27,9-14-24)17-6-10-21-22-17/h6,10,15-16,27H,1-5,7-9,11-14H2,(H,21,22). The maximum Gasteiger partial charge on any atom is 0.312 e. The van der Waals surface area contributed by atoms with Crippen LogP contribution in [-0.4, -0.2) is 63.1 Å². The highest BCUT2D eigenvalue weighted by molar-refractivity contribution is 6.34. The largest absolute Gasteiger partial charge is 0.383 e. The SMILES string of the molecule is O=C(C(=O)N1CCC(O)(c2ccn[nH]2)CC1)N1CCCC(C2CCC2)CC1. The summed E-state index contributed by atoms with van der Waals surface area (Å²) in [5.74, 6) is 0.795. The van der Waals surface area contributed by atoms with Crippen molar-refractivity contribution in [3.63, 3.8) is 0 Å². The van der Waals surface area contributed by atoms with Gasteiger partial charge in [-0.25, -0.2) is 0 Å². The van der Waals surface area contributed by atoms with Crippen LogP contribution >= 0.6 is 0 Å². The van der Waals surface area contributed by atoms with Gasteiger partial charge < -0.3 is 14.9 Å². The first kappa shape index (κ1) is 18.5. The van der Waals surface area contributed by atoms with Crippen molar-refractivity contribution in [3.8, 4) is 0 Å². The number of amides is 2. The van der Waals surface area contributed by atoms with E-state index in [4.69, 9.17) is 0 Å². The Bertz CT molecular complexity index is 663. The maximum absolute atomic E-state index is 12.8. The topological polar surface area (TPSA) is 89.5 Å². The van der Waals surface area contributed by atoms with E-state index in [1.54, 1.807) is 22.1 Å². The van der Waals surface area contributed by atoms with Crippen LogP contribution in [0, 0.1) is 11.8 Å². The lowest BCUT2D eigenvalue weighted by molar-refractivity contribution is -0.154. The van der Waals surface area contributed by atoms with Crippen LogP contribution < -0.4 is 0 Å². The zero-order valence-electron chi connectivity index (χ0n) is 15.9. The Morgan fingerprint density at radius 3 is 2.19 bits per heavy atom. The second-order valence-electron chi connectivity index (χ2n) is 8.47. The molecule has 2 amide bonds. The lowest BCUT2D eigenvalue weighted by Crippen LogP contribution is -2.51. The Kier molecular flexibility index (Phi) is 5.21. The summed E-state index contributed by atoms with van der Waals surface area (Å²) in [5, 5.41) is 17.5. The van der Waals surface area contributed by atoms with E-state index in [2.05, 4.69) is 10.2 Å². The van der Waals surface area contributed by atoms with Crippen molar-refractivity contribution in [1.82, 2.24) is 20.0 Å². The van der Waals surface area contributed by atoms with Gasteiger partial charge in [-0.05, 0) is 50.0 Å². The molecule has 2 aliphatic heterocycles. The number of aromatic amines is 1. The molecule has 1 atom stereocenters. The summed E-state index contributed by atoms with van der Waals surface area (Å²) in [6.07, 6.45) is 9.68. The molecule has 1 aliphatic carbocycles. The molecule has 148 valence electrons. The first-order chi connectivity index (χ1) is 13.1. The van der Waals surface area contributed by atoms with E-state index in [-0.39, 0.29) is 5.91 Å². The molecule has 0 aromatic carbocycles. The molecule has 1 aromatic rings. The number of nitrogens with zero attached hydrogens (tertiary/aromatic N) is 3. The molecule has 3 heterocycles. The molecule has 2 saturated heterocycles. The molecule has 0 radical (unpaired) electrons.